The maximum atomic E-state index is 8.85. The second-order valence-electron chi connectivity index (χ2n) is 4.45. The molecule has 6 heteroatoms. The molecule has 106 valence electrons. The van der Waals surface area contributed by atoms with E-state index in [1.807, 2.05) is 35.9 Å². The predicted molar refractivity (Wildman–Crippen MR) is 76.8 cm³/mol. The number of nitrogens with two attached hydrogens (primary N) is 1. The summed E-state index contributed by atoms with van der Waals surface area (Å²) in [6, 6.07) is 7.55. The molecule has 2 rings (SSSR count). The fourth-order valence-electron chi connectivity index (χ4n) is 2.09. The molecule has 0 fully saturated rings. The van der Waals surface area contributed by atoms with Crippen molar-refractivity contribution in [3.63, 3.8) is 0 Å². The van der Waals surface area contributed by atoms with Crippen molar-refractivity contribution in [3.05, 3.63) is 47.0 Å². The molecule has 3 N–H and O–H groups in total. The number of amidine groups is 1. The number of oxime groups is 1. The van der Waals surface area contributed by atoms with Gasteiger partial charge in [0.2, 0.25) is 0 Å². The van der Waals surface area contributed by atoms with Crippen molar-refractivity contribution in [2.24, 2.45) is 10.9 Å². The molecular weight excluding hydrogens is 254 g/mol. The molecule has 0 spiro atoms. The molecule has 6 nitrogen and oxygen atoms in total. The van der Waals surface area contributed by atoms with Gasteiger partial charge in [-0.25, -0.2) is 9.67 Å². The van der Waals surface area contributed by atoms with Crippen LogP contribution in [0.5, 0.6) is 0 Å². The second-order valence-corrected chi connectivity index (χ2v) is 4.45. The number of aryl methyl sites for hydroxylation is 2. The number of hydrogen-bond acceptors (Lipinski definition) is 4. The quantitative estimate of drug-likeness (QED) is 0.374. The molecule has 0 aliphatic carbocycles. The lowest BCUT2D eigenvalue weighted by atomic mass is 10.1. The summed E-state index contributed by atoms with van der Waals surface area (Å²) in [4.78, 5) is 4.48. The molecule has 0 saturated carbocycles. The number of rotatable bonds is 5. The maximum Gasteiger partial charge on any atom is 0.170 e. The topological polar surface area (TPSA) is 89.3 Å². The monoisotopic (exact) mass is 273 g/mol. The number of hydrogen-bond donors (Lipinski definition) is 2. The molecule has 1 aromatic carbocycles. The summed E-state index contributed by atoms with van der Waals surface area (Å²) >= 11 is 0. The van der Waals surface area contributed by atoms with Gasteiger partial charge in [-0.3, -0.25) is 0 Å². The van der Waals surface area contributed by atoms with Gasteiger partial charge in [0.25, 0.3) is 0 Å². The summed E-state index contributed by atoms with van der Waals surface area (Å²) in [7, 11) is 0. The zero-order valence-electron chi connectivity index (χ0n) is 11.7. The average molecular weight is 273 g/mol. The molecule has 0 atom stereocenters. The third kappa shape index (κ3) is 2.79. The van der Waals surface area contributed by atoms with Crippen molar-refractivity contribution < 1.29 is 5.21 Å². The van der Waals surface area contributed by atoms with Crippen LogP contribution in [0, 0.1) is 0 Å². The zero-order valence-corrected chi connectivity index (χ0v) is 11.7. The van der Waals surface area contributed by atoms with Crippen molar-refractivity contribution >= 4 is 5.84 Å². The second kappa shape index (κ2) is 6.18. The first kappa shape index (κ1) is 14.0. The average Bonchev–Trinajstić information content (AvgIpc) is 2.89. The van der Waals surface area contributed by atoms with Crippen LogP contribution in [-0.4, -0.2) is 25.8 Å². The van der Waals surface area contributed by atoms with Gasteiger partial charge in [0.1, 0.15) is 5.82 Å². The first-order valence-electron chi connectivity index (χ1n) is 6.68. The normalized spacial score (nSPS) is 11.8. The Morgan fingerprint density at radius 3 is 2.70 bits per heavy atom. The first-order valence-corrected chi connectivity index (χ1v) is 6.68. The third-order valence-corrected chi connectivity index (χ3v) is 3.15. The standard InChI is InChI=1S/C14H19N5O/c1-3-12-16-13(4-2)19(17-12)9-10-7-5-6-8-11(10)14(15)18-20/h5-8,20H,3-4,9H2,1-2H3,(H2,15,18). The van der Waals surface area contributed by atoms with Crippen LogP contribution in [0.3, 0.4) is 0 Å². The number of benzene rings is 1. The van der Waals surface area contributed by atoms with E-state index in [9.17, 15) is 0 Å². The van der Waals surface area contributed by atoms with Crippen LogP contribution >= 0.6 is 0 Å². The van der Waals surface area contributed by atoms with Crippen LogP contribution in [-0.2, 0) is 19.4 Å². The van der Waals surface area contributed by atoms with Crippen LogP contribution in [0.25, 0.3) is 0 Å². The summed E-state index contributed by atoms with van der Waals surface area (Å²) in [5.74, 6) is 1.88. The van der Waals surface area contributed by atoms with Gasteiger partial charge in [-0.2, -0.15) is 5.10 Å². The van der Waals surface area contributed by atoms with E-state index in [0.717, 1.165) is 30.1 Å². The van der Waals surface area contributed by atoms with Gasteiger partial charge in [0, 0.05) is 18.4 Å². The highest BCUT2D eigenvalue weighted by atomic mass is 16.4. The van der Waals surface area contributed by atoms with E-state index in [2.05, 4.69) is 22.2 Å². The SMILES string of the molecule is CCc1nc(CC)n(Cc2ccccc2C(N)=NO)n1. The van der Waals surface area contributed by atoms with E-state index in [1.165, 1.54) is 0 Å². The third-order valence-electron chi connectivity index (χ3n) is 3.15. The van der Waals surface area contributed by atoms with Crippen molar-refractivity contribution in [2.45, 2.75) is 33.2 Å². The van der Waals surface area contributed by atoms with E-state index >= 15 is 0 Å². The Hall–Kier alpha value is -2.37. The van der Waals surface area contributed by atoms with E-state index in [0.29, 0.717) is 12.1 Å². The molecule has 0 aliphatic rings. The fraction of sp³-hybridized carbons (Fsp3) is 0.357. The van der Waals surface area contributed by atoms with Crippen molar-refractivity contribution in [3.8, 4) is 0 Å². The number of aromatic nitrogens is 3. The Kier molecular flexibility index (Phi) is 4.34. The Balaban J connectivity index is 2.37. The number of nitrogens with zero attached hydrogens (tertiary/aromatic N) is 4. The van der Waals surface area contributed by atoms with E-state index < -0.39 is 0 Å². The lowest BCUT2D eigenvalue weighted by molar-refractivity contribution is 0.318. The van der Waals surface area contributed by atoms with Crippen molar-refractivity contribution in [1.29, 1.82) is 0 Å². The minimum absolute atomic E-state index is 0.106. The van der Waals surface area contributed by atoms with Crippen molar-refractivity contribution in [1.82, 2.24) is 14.8 Å². The Morgan fingerprint density at radius 1 is 1.30 bits per heavy atom. The molecule has 0 saturated heterocycles. The molecule has 0 amide bonds. The molecule has 0 unspecified atom stereocenters. The largest absolute Gasteiger partial charge is 0.409 e. The highest BCUT2D eigenvalue weighted by molar-refractivity contribution is 5.98. The van der Waals surface area contributed by atoms with Gasteiger partial charge in [-0.15, -0.1) is 0 Å². The molecule has 20 heavy (non-hydrogen) atoms. The van der Waals surface area contributed by atoms with E-state index in [1.54, 1.807) is 0 Å². The molecule has 0 aliphatic heterocycles. The Morgan fingerprint density at radius 2 is 2.05 bits per heavy atom. The Labute approximate surface area is 117 Å². The zero-order chi connectivity index (χ0) is 14.5. The van der Waals surface area contributed by atoms with Gasteiger partial charge < -0.3 is 10.9 Å². The predicted octanol–water partition coefficient (Wildman–Crippen LogP) is 1.55. The summed E-state index contributed by atoms with van der Waals surface area (Å²) in [6.45, 7) is 4.64. The fourth-order valence-corrected chi connectivity index (χ4v) is 2.09. The molecule has 1 aromatic heterocycles. The lowest BCUT2D eigenvalue weighted by Crippen LogP contribution is -2.17. The summed E-state index contributed by atoms with van der Waals surface area (Å²) in [5, 5.41) is 16.4. The van der Waals surface area contributed by atoms with Crippen LogP contribution in [0.2, 0.25) is 0 Å². The first-order chi connectivity index (χ1) is 9.69. The van der Waals surface area contributed by atoms with Gasteiger partial charge in [-0.1, -0.05) is 43.3 Å². The molecular formula is C14H19N5O. The van der Waals surface area contributed by atoms with Crippen molar-refractivity contribution in [2.75, 3.05) is 0 Å². The highest BCUT2D eigenvalue weighted by Gasteiger charge is 2.11. The van der Waals surface area contributed by atoms with E-state index in [4.69, 9.17) is 10.9 Å². The van der Waals surface area contributed by atoms with Gasteiger partial charge in [0.15, 0.2) is 11.7 Å². The van der Waals surface area contributed by atoms with Crippen LogP contribution < -0.4 is 5.73 Å². The summed E-state index contributed by atoms with van der Waals surface area (Å²) < 4.78 is 1.88. The van der Waals surface area contributed by atoms with Gasteiger partial charge in [0.05, 0.1) is 6.54 Å². The molecule has 2 aromatic rings. The van der Waals surface area contributed by atoms with E-state index in [-0.39, 0.29) is 5.84 Å². The van der Waals surface area contributed by atoms with Crippen LogP contribution in [0.1, 0.15) is 36.6 Å². The minimum atomic E-state index is 0.106. The minimum Gasteiger partial charge on any atom is -0.409 e. The van der Waals surface area contributed by atoms with Gasteiger partial charge in [-0.05, 0) is 5.56 Å². The van der Waals surface area contributed by atoms with Crippen LogP contribution in [0.15, 0.2) is 29.4 Å². The van der Waals surface area contributed by atoms with Crippen LogP contribution in [0.4, 0.5) is 0 Å². The maximum absolute atomic E-state index is 8.85. The molecule has 1 heterocycles. The lowest BCUT2D eigenvalue weighted by Gasteiger charge is -2.09. The highest BCUT2D eigenvalue weighted by Crippen LogP contribution is 2.12. The summed E-state index contributed by atoms with van der Waals surface area (Å²) in [5.41, 5.74) is 7.37. The summed E-state index contributed by atoms with van der Waals surface area (Å²) in [6.07, 6.45) is 1.63. The van der Waals surface area contributed by atoms with Gasteiger partial charge >= 0.3 is 0 Å². The Bertz CT molecular complexity index is 618. The molecule has 0 radical (unpaired) electrons. The molecule has 0 bridgehead atoms. The smallest absolute Gasteiger partial charge is 0.170 e.